The monoisotopic (exact) mass is 457 g/mol. The summed E-state index contributed by atoms with van der Waals surface area (Å²) in [5.41, 5.74) is 1.56. The van der Waals surface area contributed by atoms with Crippen LogP contribution in [0.4, 0.5) is 0 Å². The van der Waals surface area contributed by atoms with Crippen LogP contribution in [0.15, 0.2) is 59.8 Å². The quantitative estimate of drug-likeness (QED) is 0.500. The van der Waals surface area contributed by atoms with Gasteiger partial charge in [0.2, 0.25) is 5.91 Å². The van der Waals surface area contributed by atoms with Crippen LogP contribution in [0.3, 0.4) is 0 Å². The number of hydrogen-bond donors (Lipinski definition) is 2. The number of thioether (sulfide) groups is 1. The molecule has 162 valence electrons. The smallest absolute Gasteiger partial charge is 0.251 e. The minimum Gasteiger partial charge on any atom is -0.349 e. The molecule has 7 nitrogen and oxygen atoms in total. The summed E-state index contributed by atoms with van der Waals surface area (Å²) in [7, 11) is 1.81. The molecule has 0 spiro atoms. The van der Waals surface area contributed by atoms with Gasteiger partial charge in [0.05, 0.1) is 17.8 Å². The fourth-order valence-corrected chi connectivity index (χ4v) is 3.87. The Kier molecular flexibility index (Phi) is 7.70. The number of halogens is 1. The van der Waals surface area contributed by atoms with Crippen LogP contribution in [-0.2, 0) is 11.8 Å². The van der Waals surface area contributed by atoms with E-state index >= 15 is 0 Å². The zero-order valence-electron chi connectivity index (χ0n) is 17.5. The van der Waals surface area contributed by atoms with Gasteiger partial charge in [-0.05, 0) is 43.7 Å². The summed E-state index contributed by atoms with van der Waals surface area (Å²) >= 11 is 7.17. The largest absolute Gasteiger partial charge is 0.349 e. The molecule has 9 heteroatoms. The maximum atomic E-state index is 12.4. The van der Waals surface area contributed by atoms with Crippen molar-refractivity contribution in [3.63, 3.8) is 0 Å². The molecule has 0 saturated heterocycles. The van der Waals surface area contributed by atoms with Gasteiger partial charge < -0.3 is 15.2 Å². The minimum absolute atomic E-state index is 0.0764. The van der Waals surface area contributed by atoms with E-state index in [-0.39, 0.29) is 29.7 Å². The van der Waals surface area contributed by atoms with Gasteiger partial charge in [-0.25, -0.2) is 0 Å². The Balaban J connectivity index is 1.55. The molecule has 3 rings (SSSR count). The van der Waals surface area contributed by atoms with E-state index in [1.54, 1.807) is 28.8 Å². The first-order chi connectivity index (χ1) is 14.8. The van der Waals surface area contributed by atoms with Gasteiger partial charge in [-0.1, -0.05) is 53.7 Å². The van der Waals surface area contributed by atoms with Crippen LogP contribution in [0.2, 0.25) is 5.02 Å². The van der Waals surface area contributed by atoms with Crippen molar-refractivity contribution in [2.75, 3.05) is 5.75 Å². The molecule has 2 aromatic carbocycles. The zero-order chi connectivity index (χ0) is 22.4. The van der Waals surface area contributed by atoms with Crippen LogP contribution in [0.1, 0.15) is 47.7 Å². The topological polar surface area (TPSA) is 88.9 Å². The second-order valence-electron chi connectivity index (χ2n) is 7.09. The third-order valence-electron chi connectivity index (χ3n) is 4.72. The number of hydrogen-bond acceptors (Lipinski definition) is 5. The zero-order valence-corrected chi connectivity index (χ0v) is 19.1. The van der Waals surface area contributed by atoms with Gasteiger partial charge in [-0.15, -0.1) is 10.2 Å². The molecule has 0 unspecified atom stereocenters. The van der Waals surface area contributed by atoms with E-state index in [0.717, 1.165) is 5.56 Å². The van der Waals surface area contributed by atoms with Crippen LogP contribution in [0, 0.1) is 0 Å². The van der Waals surface area contributed by atoms with E-state index in [2.05, 4.69) is 20.8 Å². The molecule has 1 aromatic heterocycles. The molecule has 0 aliphatic carbocycles. The molecule has 2 atom stereocenters. The highest BCUT2D eigenvalue weighted by Crippen LogP contribution is 2.20. The third kappa shape index (κ3) is 6.08. The SMILES string of the molecule is C[C@H](NC(=O)c1ccc(Cl)cc1)c1nnc(SCC(=O)N[C@H](C)c2ccccc2)n1C. The van der Waals surface area contributed by atoms with Gasteiger partial charge in [0.15, 0.2) is 11.0 Å². The van der Waals surface area contributed by atoms with Crippen LogP contribution in [0.25, 0.3) is 0 Å². The molecule has 0 aliphatic rings. The summed E-state index contributed by atoms with van der Waals surface area (Å²) in [5.74, 6) is 0.503. The van der Waals surface area contributed by atoms with Crippen molar-refractivity contribution in [1.29, 1.82) is 0 Å². The number of nitrogens with one attached hydrogen (secondary N) is 2. The van der Waals surface area contributed by atoms with Crippen LogP contribution < -0.4 is 10.6 Å². The second kappa shape index (κ2) is 10.5. The molecule has 1 heterocycles. The van der Waals surface area contributed by atoms with Crippen molar-refractivity contribution < 1.29 is 9.59 Å². The first-order valence-corrected chi connectivity index (χ1v) is 11.1. The number of carbonyl (C=O) groups is 2. The molecule has 3 aromatic rings. The summed E-state index contributed by atoms with van der Waals surface area (Å²) in [6, 6.07) is 16.0. The summed E-state index contributed by atoms with van der Waals surface area (Å²) in [4.78, 5) is 24.7. The van der Waals surface area contributed by atoms with Crippen LogP contribution >= 0.6 is 23.4 Å². The maximum Gasteiger partial charge on any atom is 0.251 e. The molecular weight excluding hydrogens is 434 g/mol. The Bertz CT molecular complexity index is 1040. The van der Waals surface area contributed by atoms with Crippen molar-refractivity contribution in [3.05, 3.63) is 76.6 Å². The lowest BCUT2D eigenvalue weighted by Gasteiger charge is -2.15. The van der Waals surface area contributed by atoms with Gasteiger partial charge in [-0.3, -0.25) is 9.59 Å². The molecule has 2 amide bonds. The summed E-state index contributed by atoms with van der Waals surface area (Å²) < 4.78 is 1.78. The molecule has 0 bridgehead atoms. The summed E-state index contributed by atoms with van der Waals surface area (Å²) in [6.07, 6.45) is 0. The highest BCUT2D eigenvalue weighted by molar-refractivity contribution is 7.99. The molecule has 0 aliphatic heterocycles. The number of carbonyl (C=O) groups excluding carboxylic acids is 2. The molecule has 31 heavy (non-hydrogen) atoms. The summed E-state index contributed by atoms with van der Waals surface area (Å²) in [5, 5.41) is 15.4. The van der Waals surface area contributed by atoms with Gasteiger partial charge in [0.1, 0.15) is 0 Å². The standard InChI is InChI=1S/C22H24ClN5O2S/c1-14(16-7-5-4-6-8-16)24-19(29)13-31-22-27-26-20(28(22)3)15(2)25-21(30)17-9-11-18(23)12-10-17/h4-12,14-15H,13H2,1-3H3,(H,24,29)(H,25,30)/t14-,15+/m1/s1. The van der Waals surface area contributed by atoms with Gasteiger partial charge in [-0.2, -0.15) is 0 Å². The molecule has 2 N–H and O–H groups in total. The first-order valence-electron chi connectivity index (χ1n) is 9.78. The normalized spacial score (nSPS) is 12.8. The van der Waals surface area contributed by atoms with E-state index in [1.807, 2.05) is 51.2 Å². The lowest BCUT2D eigenvalue weighted by molar-refractivity contribution is -0.119. The third-order valence-corrected chi connectivity index (χ3v) is 5.99. The lowest BCUT2D eigenvalue weighted by atomic mass is 10.1. The number of rotatable bonds is 8. The van der Waals surface area contributed by atoms with Crippen molar-refractivity contribution in [1.82, 2.24) is 25.4 Å². The highest BCUT2D eigenvalue weighted by Gasteiger charge is 2.19. The molecule has 0 saturated carbocycles. The Labute approximate surface area is 190 Å². The van der Waals surface area contributed by atoms with Crippen molar-refractivity contribution in [2.24, 2.45) is 7.05 Å². The first kappa shape index (κ1) is 22.8. The van der Waals surface area contributed by atoms with E-state index in [4.69, 9.17) is 11.6 Å². The Morgan fingerprint density at radius 3 is 2.35 bits per heavy atom. The van der Waals surface area contributed by atoms with Crippen molar-refractivity contribution in [2.45, 2.75) is 31.1 Å². The molecular formula is C22H24ClN5O2S. The predicted octanol–water partition coefficient (Wildman–Crippen LogP) is 3.93. The van der Waals surface area contributed by atoms with E-state index < -0.39 is 0 Å². The van der Waals surface area contributed by atoms with Gasteiger partial charge in [0, 0.05) is 17.6 Å². The van der Waals surface area contributed by atoms with Gasteiger partial charge >= 0.3 is 0 Å². The number of benzene rings is 2. The Hall–Kier alpha value is -2.84. The number of aromatic nitrogens is 3. The average Bonchev–Trinajstić information content (AvgIpc) is 3.13. The number of amides is 2. The fraction of sp³-hybridized carbons (Fsp3) is 0.273. The molecule has 0 fully saturated rings. The fourth-order valence-electron chi connectivity index (χ4n) is 3.01. The maximum absolute atomic E-state index is 12.4. The molecule has 0 radical (unpaired) electrons. The average molecular weight is 458 g/mol. The second-order valence-corrected chi connectivity index (χ2v) is 8.47. The number of nitrogens with zero attached hydrogens (tertiary/aromatic N) is 3. The van der Waals surface area contributed by atoms with Gasteiger partial charge in [0.25, 0.3) is 5.91 Å². The van der Waals surface area contributed by atoms with Crippen LogP contribution in [0.5, 0.6) is 0 Å². The van der Waals surface area contributed by atoms with E-state index in [9.17, 15) is 9.59 Å². The van der Waals surface area contributed by atoms with E-state index in [1.165, 1.54) is 11.8 Å². The van der Waals surface area contributed by atoms with Crippen molar-refractivity contribution >= 4 is 35.2 Å². The Morgan fingerprint density at radius 2 is 1.68 bits per heavy atom. The van der Waals surface area contributed by atoms with Crippen LogP contribution in [-0.4, -0.2) is 32.3 Å². The predicted molar refractivity (Wildman–Crippen MR) is 122 cm³/mol. The van der Waals surface area contributed by atoms with E-state index in [0.29, 0.717) is 21.6 Å². The summed E-state index contributed by atoms with van der Waals surface area (Å²) in [6.45, 7) is 3.78. The highest BCUT2D eigenvalue weighted by atomic mass is 35.5. The van der Waals surface area contributed by atoms with Crippen molar-refractivity contribution in [3.8, 4) is 0 Å². The Morgan fingerprint density at radius 1 is 1.00 bits per heavy atom. The minimum atomic E-state index is -0.359. The lowest BCUT2D eigenvalue weighted by Crippen LogP contribution is -2.29.